The molecule has 0 heterocycles. The van der Waals surface area contributed by atoms with E-state index in [9.17, 15) is 13.2 Å². The molecule has 0 fully saturated rings. The van der Waals surface area contributed by atoms with Crippen LogP contribution in [0.2, 0.25) is 0 Å². The molecule has 0 bridgehead atoms. The Hall–Kier alpha value is -2.54. The quantitative estimate of drug-likeness (QED) is 0.718. The zero-order chi connectivity index (χ0) is 19.2. The van der Waals surface area contributed by atoms with Crippen LogP contribution in [-0.2, 0) is 16.4 Å². The Morgan fingerprint density at radius 1 is 1.08 bits per heavy atom. The molecular weight excluding hydrogens is 352 g/mol. The molecule has 2 rings (SSSR count). The molecule has 2 aromatic carbocycles. The number of aryl methyl sites for hydroxylation is 1. The second kappa shape index (κ2) is 8.71. The lowest BCUT2D eigenvalue weighted by Gasteiger charge is -2.16. The molecule has 0 aromatic heterocycles. The highest BCUT2D eigenvalue weighted by Gasteiger charge is 2.12. The first-order chi connectivity index (χ1) is 12.3. The van der Waals surface area contributed by atoms with Gasteiger partial charge in [0, 0.05) is 19.2 Å². The summed E-state index contributed by atoms with van der Waals surface area (Å²) < 4.78 is 29.3. The first kappa shape index (κ1) is 19.8. The number of hydrogen-bond acceptors (Lipinski definition) is 4. The number of rotatable bonds is 8. The lowest BCUT2D eigenvalue weighted by atomic mass is 10.1. The van der Waals surface area contributed by atoms with Crippen LogP contribution in [0.5, 0.6) is 5.75 Å². The number of hydrogen-bond donors (Lipinski definition) is 1. The van der Waals surface area contributed by atoms with Crippen LogP contribution in [0, 0.1) is 0 Å². The van der Waals surface area contributed by atoms with E-state index < -0.39 is 10.0 Å². The fourth-order valence-electron chi connectivity index (χ4n) is 2.40. The van der Waals surface area contributed by atoms with Crippen LogP contribution in [0.15, 0.2) is 48.5 Å². The van der Waals surface area contributed by atoms with Gasteiger partial charge < -0.3 is 10.1 Å². The molecule has 1 amide bonds. The third-order valence-electron chi connectivity index (χ3n) is 4.08. The summed E-state index contributed by atoms with van der Waals surface area (Å²) in [5.74, 6) is 0.653. The van der Waals surface area contributed by atoms with E-state index in [4.69, 9.17) is 4.74 Å². The minimum absolute atomic E-state index is 0.173. The van der Waals surface area contributed by atoms with Crippen molar-refractivity contribution in [1.82, 2.24) is 5.32 Å². The van der Waals surface area contributed by atoms with Crippen LogP contribution >= 0.6 is 0 Å². The third kappa shape index (κ3) is 5.49. The van der Waals surface area contributed by atoms with Crippen molar-refractivity contribution in [3.8, 4) is 5.75 Å². The molecule has 7 heteroatoms. The summed E-state index contributed by atoms with van der Waals surface area (Å²) in [7, 11) is -0.202. The normalized spacial score (nSPS) is 11.0. The summed E-state index contributed by atoms with van der Waals surface area (Å²) in [6.45, 7) is 0.565. The van der Waals surface area contributed by atoms with Crippen molar-refractivity contribution >= 4 is 21.6 Å². The summed E-state index contributed by atoms with van der Waals surface area (Å²) in [5.41, 5.74) is 2.21. The van der Waals surface area contributed by atoms with Crippen molar-refractivity contribution < 1.29 is 17.9 Å². The molecule has 0 atom stereocenters. The summed E-state index contributed by atoms with van der Waals surface area (Å²) in [6.07, 6.45) is 2.83. The summed E-state index contributed by atoms with van der Waals surface area (Å²) in [6, 6.07) is 14.3. The molecule has 1 N–H and O–H groups in total. The maximum absolute atomic E-state index is 12.2. The van der Waals surface area contributed by atoms with Gasteiger partial charge in [0.1, 0.15) is 5.75 Å². The number of amides is 1. The highest BCUT2D eigenvalue weighted by molar-refractivity contribution is 7.92. The van der Waals surface area contributed by atoms with E-state index in [1.807, 2.05) is 24.3 Å². The molecule has 0 aliphatic heterocycles. The third-order valence-corrected chi connectivity index (χ3v) is 5.28. The summed E-state index contributed by atoms with van der Waals surface area (Å²) in [4.78, 5) is 12.2. The number of ether oxygens (including phenoxy) is 1. The van der Waals surface area contributed by atoms with Crippen LogP contribution < -0.4 is 14.4 Å². The molecule has 2 aromatic rings. The molecule has 26 heavy (non-hydrogen) atoms. The van der Waals surface area contributed by atoms with Crippen molar-refractivity contribution in [2.75, 3.05) is 31.3 Å². The summed E-state index contributed by atoms with van der Waals surface area (Å²) in [5, 5.41) is 2.88. The molecule has 0 aliphatic carbocycles. The molecule has 0 spiro atoms. The highest BCUT2D eigenvalue weighted by atomic mass is 32.2. The molecule has 0 saturated heterocycles. The number of benzene rings is 2. The van der Waals surface area contributed by atoms with Gasteiger partial charge in [0.25, 0.3) is 5.91 Å². The lowest BCUT2D eigenvalue weighted by molar-refractivity contribution is 0.0953. The average Bonchev–Trinajstić information content (AvgIpc) is 2.64. The van der Waals surface area contributed by atoms with Crippen molar-refractivity contribution in [3.05, 3.63) is 59.7 Å². The van der Waals surface area contributed by atoms with E-state index in [2.05, 4.69) is 5.32 Å². The van der Waals surface area contributed by atoms with Gasteiger partial charge in [-0.2, -0.15) is 0 Å². The predicted molar refractivity (Wildman–Crippen MR) is 103 cm³/mol. The monoisotopic (exact) mass is 376 g/mol. The Morgan fingerprint density at radius 3 is 2.23 bits per heavy atom. The minimum Gasteiger partial charge on any atom is -0.497 e. The Morgan fingerprint density at radius 2 is 1.69 bits per heavy atom. The maximum Gasteiger partial charge on any atom is 0.251 e. The van der Waals surface area contributed by atoms with Gasteiger partial charge in [-0.1, -0.05) is 12.1 Å². The van der Waals surface area contributed by atoms with Gasteiger partial charge >= 0.3 is 0 Å². The van der Waals surface area contributed by atoms with Gasteiger partial charge in [0.15, 0.2) is 0 Å². The topological polar surface area (TPSA) is 75.7 Å². The fraction of sp³-hybridized carbons (Fsp3) is 0.316. The van der Waals surface area contributed by atoms with Crippen molar-refractivity contribution in [2.24, 2.45) is 0 Å². The molecule has 140 valence electrons. The van der Waals surface area contributed by atoms with Crippen molar-refractivity contribution in [1.29, 1.82) is 0 Å². The van der Waals surface area contributed by atoms with E-state index in [-0.39, 0.29) is 5.91 Å². The molecule has 0 saturated carbocycles. The van der Waals surface area contributed by atoms with Gasteiger partial charge in [0.05, 0.1) is 19.1 Å². The number of nitrogens with zero attached hydrogens (tertiary/aromatic N) is 1. The van der Waals surface area contributed by atoms with Gasteiger partial charge in [-0.25, -0.2) is 8.42 Å². The molecule has 0 aliphatic rings. The zero-order valence-electron chi connectivity index (χ0n) is 15.2. The first-order valence-electron chi connectivity index (χ1n) is 8.26. The average molecular weight is 376 g/mol. The van der Waals surface area contributed by atoms with E-state index in [1.165, 1.54) is 16.9 Å². The fourth-order valence-corrected chi connectivity index (χ4v) is 2.91. The highest BCUT2D eigenvalue weighted by Crippen LogP contribution is 2.16. The first-order valence-corrected chi connectivity index (χ1v) is 10.1. The molecule has 0 radical (unpaired) electrons. The van der Waals surface area contributed by atoms with Crippen LogP contribution in [-0.4, -0.2) is 41.3 Å². The predicted octanol–water partition coefficient (Wildman–Crippen LogP) is 2.45. The number of sulfonamides is 1. The number of nitrogens with one attached hydrogen (secondary N) is 1. The van der Waals surface area contributed by atoms with Crippen LogP contribution in [0.3, 0.4) is 0 Å². The number of methoxy groups -OCH3 is 1. The molecular formula is C19H24N2O4S. The number of carbonyl (C=O) groups excluding carboxylic acids is 1. The van der Waals surface area contributed by atoms with E-state index in [0.29, 0.717) is 17.8 Å². The smallest absolute Gasteiger partial charge is 0.251 e. The number of carbonyl (C=O) groups is 1. The van der Waals surface area contributed by atoms with Crippen molar-refractivity contribution in [2.45, 2.75) is 12.8 Å². The minimum atomic E-state index is -3.31. The SMILES string of the molecule is COc1ccc(CCCNC(=O)c2ccc(N(C)S(C)(=O)=O)cc2)cc1. The van der Waals surface area contributed by atoms with E-state index >= 15 is 0 Å². The van der Waals surface area contributed by atoms with Gasteiger partial charge in [0.2, 0.25) is 10.0 Å². The van der Waals surface area contributed by atoms with E-state index in [1.54, 1.807) is 31.4 Å². The van der Waals surface area contributed by atoms with Gasteiger partial charge in [-0.05, 0) is 54.8 Å². The van der Waals surface area contributed by atoms with Gasteiger partial charge in [-0.3, -0.25) is 9.10 Å². The Balaban J connectivity index is 1.82. The van der Waals surface area contributed by atoms with Crippen LogP contribution in [0.4, 0.5) is 5.69 Å². The summed E-state index contributed by atoms with van der Waals surface area (Å²) >= 11 is 0. The van der Waals surface area contributed by atoms with Crippen LogP contribution in [0.25, 0.3) is 0 Å². The Kier molecular flexibility index (Phi) is 6.63. The van der Waals surface area contributed by atoms with Crippen molar-refractivity contribution in [3.63, 3.8) is 0 Å². The zero-order valence-corrected chi connectivity index (χ0v) is 16.0. The number of anilines is 1. The Labute approximate surface area is 154 Å². The van der Waals surface area contributed by atoms with E-state index in [0.717, 1.165) is 24.8 Å². The standard InChI is InChI=1S/C19H24N2O4S/c1-21(26(3,23)24)17-10-8-16(9-11-17)19(22)20-14-4-5-15-6-12-18(25-2)13-7-15/h6-13H,4-5,14H2,1-3H3,(H,20,22). The van der Waals surface area contributed by atoms with Crippen LogP contribution in [0.1, 0.15) is 22.3 Å². The second-order valence-corrected chi connectivity index (χ2v) is 8.00. The Bertz CT molecular complexity index is 831. The molecule has 0 unspecified atom stereocenters. The largest absolute Gasteiger partial charge is 0.497 e. The maximum atomic E-state index is 12.2. The lowest BCUT2D eigenvalue weighted by Crippen LogP contribution is -2.26. The second-order valence-electron chi connectivity index (χ2n) is 5.98. The molecule has 6 nitrogen and oxygen atoms in total. The van der Waals surface area contributed by atoms with Gasteiger partial charge in [-0.15, -0.1) is 0 Å².